The van der Waals surface area contributed by atoms with E-state index in [1.54, 1.807) is 18.4 Å². The molecule has 1 aromatic carbocycles. The molecule has 0 radical (unpaired) electrons. The Hall–Kier alpha value is -3.58. The van der Waals surface area contributed by atoms with Crippen molar-refractivity contribution in [2.24, 2.45) is 0 Å². The van der Waals surface area contributed by atoms with Crippen LogP contribution in [0.1, 0.15) is 33.4 Å². The third-order valence-electron chi connectivity index (χ3n) is 5.19. The van der Waals surface area contributed by atoms with Gasteiger partial charge in [0, 0.05) is 18.9 Å². The van der Waals surface area contributed by atoms with Crippen molar-refractivity contribution in [3.8, 4) is 5.75 Å². The number of likely N-dealkylation sites (N-methyl/N-ethyl adjacent to an activating group) is 1. The van der Waals surface area contributed by atoms with Crippen molar-refractivity contribution in [3.05, 3.63) is 89.8 Å². The molecule has 1 atom stereocenters. The molecule has 0 spiro atoms. The van der Waals surface area contributed by atoms with Crippen molar-refractivity contribution < 1.29 is 13.9 Å². The summed E-state index contributed by atoms with van der Waals surface area (Å²) in [6, 6.07) is 14.9. The van der Waals surface area contributed by atoms with Crippen molar-refractivity contribution in [1.82, 2.24) is 19.6 Å². The first-order chi connectivity index (χ1) is 15.0. The molecule has 0 bridgehead atoms. The van der Waals surface area contributed by atoms with Crippen LogP contribution >= 0.6 is 0 Å². The maximum atomic E-state index is 12.9. The monoisotopic (exact) mass is 418 g/mol. The number of furan rings is 1. The first-order valence-corrected chi connectivity index (χ1v) is 10.2. The lowest BCUT2D eigenvalue weighted by molar-refractivity contribution is 0.0934. The molecule has 0 aliphatic rings. The number of carbonyl (C=O) groups is 1. The molecule has 7 heteroatoms. The van der Waals surface area contributed by atoms with Gasteiger partial charge in [-0.25, -0.2) is 4.98 Å². The molecule has 4 rings (SSSR count). The van der Waals surface area contributed by atoms with Crippen molar-refractivity contribution >= 4 is 11.6 Å². The number of aryl methyl sites for hydroxylation is 1. The summed E-state index contributed by atoms with van der Waals surface area (Å²) in [7, 11) is 3.90. The molecule has 1 amide bonds. The number of para-hydroxylation sites is 1. The van der Waals surface area contributed by atoms with Crippen LogP contribution < -0.4 is 10.1 Å². The topological polar surface area (TPSA) is 72.0 Å². The molecule has 31 heavy (non-hydrogen) atoms. The molecule has 160 valence electrons. The second-order valence-corrected chi connectivity index (χ2v) is 7.64. The molecule has 3 aromatic heterocycles. The van der Waals surface area contributed by atoms with E-state index in [2.05, 4.69) is 10.3 Å². The van der Waals surface area contributed by atoms with E-state index in [9.17, 15) is 4.79 Å². The Labute approximate surface area is 181 Å². The van der Waals surface area contributed by atoms with Crippen LogP contribution in [-0.2, 0) is 6.61 Å². The number of nitrogens with zero attached hydrogens (tertiary/aromatic N) is 3. The predicted octanol–water partition coefficient (Wildman–Crippen LogP) is 3.85. The summed E-state index contributed by atoms with van der Waals surface area (Å²) in [6.45, 7) is 2.72. The van der Waals surface area contributed by atoms with Crippen LogP contribution in [0.4, 0.5) is 0 Å². The summed E-state index contributed by atoms with van der Waals surface area (Å²) >= 11 is 0. The largest absolute Gasteiger partial charge is 0.486 e. The highest BCUT2D eigenvalue weighted by Crippen LogP contribution is 2.21. The van der Waals surface area contributed by atoms with Crippen LogP contribution in [0, 0.1) is 6.92 Å². The van der Waals surface area contributed by atoms with Gasteiger partial charge in [0.25, 0.3) is 5.91 Å². The second kappa shape index (κ2) is 9.06. The zero-order valence-corrected chi connectivity index (χ0v) is 17.9. The van der Waals surface area contributed by atoms with E-state index in [1.165, 1.54) is 0 Å². The minimum Gasteiger partial charge on any atom is -0.486 e. The summed E-state index contributed by atoms with van der Waals surface area (Å²) < 4.78 is 13.5. The number of hydrogen-bond donors (Lipinski definition) is 1. The molecular weight excluding hydrogens is 392 g/mol. The van der Waals surface area contributed by atoms with Crippen molar-refractivity contribution in [2.75, 3.05) is 20.6 Å². The summed E-state index contributed by atoms with van der Waals surface area (Å²) in [5.41, 5.74) is 3.29. The Kier molecular flexibility index (Phi) is 6.04. The summed E-state index contributed by atoms with van der Waals surface area (Å²) in [5, 5.41) is 3.00. The van der Waals surface area contributed by atoms with Gasteiger partial charge in [0.15, 0.2) is 0 Å². The normalized spacial score (nSPS) is 12.3. The summed E-state index contributed by atoms with van der Waals surface area (Å²) in [4.78, 5) is 19.5. The third-order valence-corrected chi connectivity index (χ3v) is 5.19. The van der Waals surface area contributed by atoms with E-state index in [-0.39, 0.29) is 18.6 Å². The Morgan fingerprint density at radius 3 is 2.77 bits per heavy atom. The molecule has 3 heterocycles. The van der Waals surface area contributed by atoms with Gasteiger partial charge in [-0.3, -0.25) is 9.69 Å². The van der Waals surface area contributed by atoms with Gasteiger partial charge in [0.2, 0.25) is 0 Å². The quantitative estimate of drug-likeness (QED) is 0.471. The number of ether oxygens (including phenoxy) is 1. The zero-order chi connectivity index (χ0) is 21.8. The van der Waals surface area contributed by atoms with Gasteiger partial charge in [-0.15, -0.1) is 0 Å². The van der Waals surface area contributed by atoms with Gasteiger partial charge in [0.1, 0.15) is 23.8 Å². The molecule has 0 fully saturated rings. The van der Waals surface area contributed by atoms with E-state index in [1.807, 2.05) is 79.1 Å². The smallest absolute Gasteiger partial charge is 0.255 e. The molecular formula is C24H26N4O3. The van der Waals surface area contributed by atoms with Crippen LogP contribution in [-0.4, -0.2) is 40.8 Å². The SMILES string of the molecule is Cc1cccn2cc(COc3ccccc3C(=O)NCC(c3ccco3)N(C)C)nc12. The van der Waals surface area contributed by atoms with Gasteiger partial charge < -0.3 is 18.9 Å². The van der Waals surface area contributed by atoms with E-state index >= 15 is 0 Å². The molecule has 1 unspecified atom stereocenters. The number of hydrogen-bond acceptors (Lipinski definition) is 5. The van der Waals surface area contributed by atoms with E-state index in [0.717, 1.165) is 22.7 Å². The molecule has 0 aliphatic carbocycles. The lowest BCUT2D eigenvalue weighted by Gasteiger charge is -2.22. The summed E-state index contributed by atoms with van der Waals surface area (Å²) in [6.07, 6.45) is 5.54. The van der Waals surface area contributed by atoms with Crippen LogP contribution in [0.3, 0.4) is 0 Å². The molecule has 4 aromatic rings. The van der Waals surface area contributed by atoms with E-state index in [0.29, 0.717) is 17.9 Å². The van der Waals surface area contributed by atoms with Crippen molar-refractivity contribution in [2.45, 2.75) is 19.6 Å². The number of aromatic nitrogens is 2. The maximum Gasteiger partial charge on any atom is 0.255 e. The van der Waals surface area contributed by atoms with Crippen molar-refractivity contribution in [3.63, 3.8) is 0 Å². The number of benzene rings is 1. The minimum atomic E-state index is -0.195. The molecule has 7 nitrogen and oxygen atoms in total. The number of amides is 1. The average molecular weight is 418 g/mol. The minimum absolute atomic E-state index is 0.0618. The van der Waals surface area contributed by atoms with Gasteiger partial charge in [-0.1, -0.05) is 18.2 Å². The third kappa shape index (κ3) is 4.62. The molecule has 0 aliphatic heterocycles. The fourth-order valence-corrected chi connectivity index (χ4v) is 3.51. The number of fused-ring (bicyclic) bond motifs is 1. The Morgan fingerprint density at radius 2 is 2.03 bits per heavy atom. The average Bonchev–Trinajstić information content (AvgIpc) is 3.43. The highest BCUT2D eigenvalue weighted by molar-refractivity contribution is 5.96. The summed E-state index contributed by atoms with van der Waals surface area (Å²) in [5.74, 6) is 1.13. The zero-order valence-electron chi connectivity index (χ0n) is 17.9. The van der Waals surface area contributed by atoms with E-state index < -0.39 is 0 Å². The lowest BCUT2D eigenvalue weighted by Crippen LogP contribution is -2.34. The first kappa shape index (κ1) is 20.7. The molecule has 0 saturated carbocycles. The maximum absolute atomic E-state index is 12.9. The number of rotatable bonds is 8. The standard InChI is InChI=1S/C24H26N4O3/c1-17-8-6-12-28-15-18(26-23(17)28)16-31-21-10-5-4-9-19(21)24(29)25-14-20(27(2)3)22-11-7-13-30-22/h4-13,15,20H,14,16H2,1-3H3,(H,25,29). The number of carbonyl (C=O) groups excluding carboxylic acids is 1. The predicted molar refractivity (Wildman–Crippen MR) is 118 cm³/mol. The first-order valence-electron chi connectivity index (χ1n) is 10.2. The fourth-order valence-electron chi connectivity index (χ4n) is 3.51. The van der Waals surface area contributed by atoms with Crippen LogP contribution in [0.2, 0.25) is 0 Å². The van der Waals surface area contributed by atoms with Gasteiger partial charge in [0.05, 0.1) is 23.6 Å². The van der Waals surface area contributed by atoms with Crippen LogP contribution in [0.25, 0.3) is 5.65 Å². The van der Waals surface area contributed by atoms with Crippen molar-refractivity contribution in [1.29, 1.82) is 0 Å². The highest BCUT2D eigenvalue weighted by Gasteiger charge is 2.20. The van der Waals surface area contributed by atoms with Crippen LogP contribution in [0.15, 0.2) is 71.6 Å². The fraction of sp³-hybridized carbons (Fsp3) is 0.250. The molecule has 0 saturated heterocycles. The van der Waals surface area contributed by atoms with Gasteiger partial charge in [-0.2, -0.15) is 0 Å². The van der Waals surface area contributed by atoms with Gasteiger partial charge in [-0.05, 0) is 56.9 Å². The Morgan fingerprint density at radius 1 is 1.19 bits per heavy atom. The van der Waals surface area contributed by atoms with Crippen LogP contribution in [0.5, 0.6) is 5.75 Å². The van der Waals surface area contributed by atoms with E-state index in [4.69, 9.17) is 9.15 Å². The second-order valence-electron chi connectivity index (χ2n) is 7.64. The number of nitrogens with one attached hydrogen (secondary N) is 1. The number of pyridine rings is 1. The number of imidazole rings is 1. The molecule has 1 N–H and O–H groups in total. The Bertz CT molecular complexity index is 1160. The lowest BCUT2D eigenvalue weighted by atomic mass is 10.1. The Balaban J connectivity index is 1.44. The highest BCUT2D eigenvalue weighted by atomic mass is 16.5. The van der Waals surface area contributed by atoms with Gasteiger partial charge >= 0.3 is 0 Å².